The second-order valence-corrected chi connectivity index (χ2v) is 5.40. The van der Waals surface area contributed by atoms with E-state index < -0.39 is 0 Å². The second-order valence-electron chi connectivity index (χ2n) is 4.55. The lowest BCUT2D eigenvalue weighted by molar-refractivity contribution is -0.143. The zero-order chi connectivity index (χ0) is 16.7. The Morgan fingerprint density at radius 3 is 2.39 bits per heavy atom. The first kappa shape index (κ1) is 17.4. The number of hydrogen-bond acceptors (Lipinski definition) is 4. The molecule has 0 saturated heterocycles. The summed E-state index contributed by atoms with van der Waals surface area (Å²) >= 11 is 11.9. The van der Waals surface area contributed by atoms with Gasteiger partial charge in [0.1, 0.15) is 17.2 Å². The Bertz CT molecular complexity index is 656. The fourth-order valence-corrected chi connectivity index (χ4v) is 2.22. The molecule has 0 radical (unpaired) electrons. The Balaban J connectivity index is 1.88. The lowest BCUT2D eigenvalue weighted by Gasteiger charge is -2.09. The van der Waals surface area contributed by atoms with E-state index in [4.69, 9.17) is 37.4 Å². The van der Waals surface area contributed by atoms with Crippen LogP contribution < -0.4 is 9.47 Å². The van der Waals surface area contributed by atoms with Gasteiger partial charge in [0.15, 0.2) is 0 Å². The molecule has 122 valence electrons. The van der Waals surface area contributed by atoms with Gasteiger partial charge in [-0.15, -0.1) is 0 Å². The standard InChI is InChI=1S/C17H16Cl2O4/c1-2-21-17(20)9-10-22-13-4-6-14(7-5-13)23-16-8-3-12(18)11-15(16)19/h3-8,11H,2,9-10H2,1H3. The van der Waals surface area contributed by atoms with Gasteiger partial charge in [-0.05, 0) is 49.4 Å². The number of esters is 1. The van der Waals surface area contributed by atoms with Crippen LogP contribution in [0.25, 0.3) is 0 Å². The van der Waals surface area contributed by atoms with E-state index >= 15 is 0 Å². The summed E-state index contributed by atoms with van der Waals surface area (Å²) in [5.74, 6) is 1.51. The van der Waals surface area contributed by atoms with Gasteiger partial charge in [-0.1, -0.05) is 23.2 Å². The van der Waals surface area contributed by atoms with Crippen molar-refractivity contribution < 1.29 is 19.0 Å². The van der Waals surface area contributed by atoms with E-state index in [0.29, 0.717) is 33.9 Å². The van der Waals surface area contributed by atoms with Gasteiger partial charge in [-0.2, -0.15) is 0 Å². The van der Waals surface area contributed by atoms with Gasteiger partial charge >= 0.3 is 5.97 Å². The Morgan fingerprint density at radius 1 is 1.04 bits per heavy atom. The first-order valence-electron chi connectivity index (χ1n) is 7.10. The third kappa shape index (κ3) is 5.66. The molecule has 0 amide bonds. The van der Waals surface area contributed by atoms with Crippen LogP contribution in [0.3, 0.4) is 0 Å². The normalized spacial score (nSPS) is 10.2. The molecule has 4 nitrogen and oxygen atoms in total. The summed E-state index contributed by atoms with van der Waals surface area (Å²) in [5, 5.41) is 0.986. The van der Waals surface area contributed by atoms with Crippen molar-refractivity contribution in [3.63, 3.8) is 0 Å². The number of carbonyl (C=O) groups is 1. The Hall–Kier alpha value is -1.91. The number of halogens is 2. The van der Waals surface area contributed by atoms with Gasteiger partial charge in [0.25, 0.3) is 0 Å². The van der Waals surface area contributed by atoms with Crippen LogP contribution in [-0.4, -0.2) is 19.2 Å². The van der Waals surface area contributed by atoms with E-state index in [9.17, 15) is 4.79 Å². The molecule has 0 bridgehead atoms. The average Bonchev–Trinajstić information content (AvgIpc) is 2.52. The number of benzene rings is 2. The van der Waals surface area contributed by atoms with Crippen LogP contribution in [0.5, 0.6) is 17.2 Å². The highest BCUT2D eigenvalue weighted by atomic mass is 35.5. The van der Waals surface area contributed by atoms with Gasteiger partial charge in [-0.3, -0.25) is 4.79 Å². The van der Waals surface area contributed by atoms with Gasteiger partial charge in [-0.25, -0.2) is 0 Å². The molecule has 0 aliphatic carbocycles. The van der Waals surface area contributed by atoms with Crippen LogP contribution in [0, 0.1) is 0 Å². The van der Waals surface area contributed by atoms with Crippen LogP contribution in [0.15, 0.2) is 42.5 Å². The SMILES string of the molecule is CCOC(=O)CCOc1ccc(Oc2ccc(Cl)cc2Cl)cc1. The highest BCUT2D eigenvalue weighted by Gasteiger charge is 2.05. The van der Waals surface area contributed by atoms with Crippen molar-refractivity contribution in [1.82, 2.24) is 0 Å². The van der Waals surface area contributed by atoms with Crippen LogP contribution in [0.2, 0.25) is 10.0 Å². The predicted molar refractivity (Wildman–Crippen MR) is 89.7 cm³/mol. The molecule has 0 unspecified atom stereocenters. The van der Waals surface area contributed by atoms with E-state index in [0.717, 1.165) is 0 Å². The first-order chi connectivity index (χ1) is 11.1. The Kier molecular flexibility index (Phi) is 6.56. The molecule has 0 N–H and O–H groups in total. The molecule has 0 aliphatic heterocycles. The van der Waals surface area contributed by atoms with Crippen molar-refractivity contribution in [3.05, 3.63) is 52.5 Å². The smallest absolute Gasteiger partial charge is 0.309 e. The van der Waals surface area contributed by atoms with Gasteiger partial charge in [0.05, 0.1) is 24.7 Å². The maximum absolute atomic E-state index is 11.2. The van der Waals surface area contributed by atoms with Crippen molar-refractivity contribution in [2.75, 3.05) is 13.2 Å². The van der Waals surface area contributed by atoms with E-state index in [2.05, 4.69) is 0 Å². The molecule has 2 rings (SSSR count). The molecule has 0 heterocycles. The molecule has 23 heavy (non-hydrogen) atoms. The van der Waals surface area contributed by atoms with Crippen LogP contribution in [-0.2, 0) is 9.53 Å². The second kappa shape index (κ2) is 8.65. The molecule has 0 aliphatic rings. The summed E-state index contributed by atoms with van der Waals surface area (Å²) in [5.41, 5.74) is 0. The summed E-state index contributed by atoms with van der Waals surface area (Å²) in [6, 6.07) is 12.0. The fraction of sp³-hybridized carbons (Fsp3) is 0.235. The van der Waals surface area contributed by atoms with Crippen LogP contribution in [0.4, 0.5) is 0 Å². The predicted octanol–water partition coefficient (Wildman–Crippen LogP) is 5.12. The highest BCUT2D eigenvalue weighted by Crippen LogP contribution is 2.32. The molecule has 6 heteroatoms. The maximum atomic E-state index is 11.2. The van der Waals surface area contributed by atoms with Gasteiger partial charge in [0, 0.05) is 5.02 Å². The fourth-order valence-electron chi connectivity index (χ4n) is 1.77. The monoisotopic (exact) mass is 354 g/mol. The number of rotatable bonds is 7. The van der Waals surface area contributed by atoms with Crippen molar-refractivity contribution in [1.29, 1.82) is 0 Å². The van der Waals surface area contributed by atoms with Crippen LogP contribution in [0.1, 0.15) is 13.3 Å². The summed E-state index contributed by atoms with van der Waals surface area (Å²) < 4.78 is 16.0. The molecule has 2 aromatic rings. The first-order valence-corrected chi connectivity index (χ1v) is 7.85. The summed E-state index contributed by atoms with van der Waals surface area (Å²) in [4.78, 5) is 11.2. The van der Waals surface area contributed by atoms with E-state index in [-0.39, 0.29) is 19.0 Å². The third-order valence-electron chi connectivity index (χ3n) is 2.83. The zero-order valence-corrected chi connectivity index (χ0v) is 14.1. The molecule has 0 atom stereocenters. The molecular weight excluding hydrogens is 339 g/mol. The quantitative estimate of drug-likeness (QED) is 0.647. The number of carbonyl (C=O) groups excluding carboxylic acids is 1. The highest BCUT2D eigenvalue weighted by molar-refractivity contribution is 6.35. The lowest BCUT2D eigenvalue weighted by Crippen LogP contribution is -2.09. The summed E-state index contributed by atoms with van der Waals surface area (Å²) in [7, 11) is 0. The number of hydrogen-bond donors (Lipinski definition) is 0. The van der Waals surface area contributed by atoms with Crippen molar-refractivity contribution in [2.45, 2.75) is 13.3 Å². The Labute approximate surface area is 144 Å². The Morgan fingerprint density at radius 2 is 1.74 bits per heavy atom. The summed E-state index contributed by atoms with van der Waals surface area (Å²) in [6.07, 6.45) is 0.215. The van der Waals surface area contributed by atoms with Gasteiger partial charge < -0.3 is 14.2 Å². The van der Waals surface area contributed by atoms with E-state index in [1.807, 2.05) is 0 Å². The minimum Gasteiger partial charge on any atom is -0.493 e. The molecule has 2 aromatic carbocycles. The minimum atomic E-state index is -0.273. The van der Waals surface area contributed by atoms with E-state index in [1.165, 1.54) is 0 Å². The van der Waals surface area contributed by atoms with E-state index in [1.54, 1.807) is 49.4 Å². The number of ether oxygens (including phenoxy) is 3. The molecular formula is C17H16Cl2O4. The lowest BCUT2D eigenvalue weighted by atomic mass is 10.3. The summed E-state index contributed by atoms with van der Waals surface area (Å²) in [6.45, 7) is 2.41. The minimum absolute atomic E-state index is 0.215. The third-order valence-corrected chi connectivity index (χ3v) is 3.36. The van der Waals surface area contributed by atoms with Crippen molar-refractivity contribution in [2.24, 2.45) is 0 Å². The van der Waals surface area contributed by atoms with Crippen molar-refractivity contribution >= 4 is 29.2 Å². The van der Waals surface area contributed by atoms with Crippen molar-refractivity contribution in [3.8, 4) is 17.2 Å². The average molecular weight is 355 g/mol. The molecule has 0 spiro atoms. The largest absolute Gasteiger partial charge is 0.493 e. The zero-order valence-electron chi connectivity index (χ0n) is 12.6. The molecule has 0 aromatic heterocycles. The maximum Gasteiger partial charge on any atom is 0.309 e. The van der Waals surface area contributed by atoms with Crippen LogP contribution >= 0.6 is 23.2 Å². The molecule has 0 fully saturated rings. The molecule has 0 saturated carbocycles. The van der Waals surface area contributed by atoms with Gasteiger partial charge in [0.2, 0.25) is 0 Å². The topological polar surface area (TPSA) is 44.8 Å².